The summed E-state index contributed by atoms with van der Waals surface area (Å²) >= 11 is 0. The van der Waals surface area contributed by atoms with Crippen molar-refractivity contribution in [2.75, 3.05) is 18.6 Å². The molecule has 132 valence electrons. The lowest BCUT2D eigenvalue weighted by Crippen LogP contribution is -2.23. The Morgan fingerprint density at radius 2 is 1.71 bits per heavy atom. The molecule has 0 spiro atoms. The van der Waals surface area contributed by atoms with Gasteiger partial charge in [-0.15, -0.1) is 0 Å². The van der Waals surface area contributed by atoms with E-state index in [1.807, 2.05) is 0 Å². The van der Waals surface area contributed by atoms with Crippen molar-refractivity contribution < 1.29 is 32.0 Å². The molecule has 1 rings (SSSR count). The van der Waals surface area contributed by atoms with E-state index in [1.165, 1.54) is 12.1 Å². The van der Waals surface area contributed by atoms with Crippen LogP contribution in [0.15, 0.2) is 34.3 Å². The van der Waals surface area contributed by atoms with Gasteiger partial charge in [-0.1, -0.05) is 0 Å². The number of carbonyl (C=O) groups excluding carboxylic acids is 2. The van der Waals surface area contributed by atoms with E-state index in [4.69, 9.17) is 14.0 Å². The minimum atomic E-state index is -4.29. The van der Waals surface area contributed by atoms with Crippen molar-refractivity contribution in [3.8, 4) is 0 Å². The van der Waals surface area contributed by atoms with Gasteiger partial charge in [0.05, 0.1) is 30.2 Å². The fraction of sp³-hybridized carbons (Fsp3) is 0.357. The number of benzene rings is 1. The summed E-state index contributed by atoms with van der Waals surface area (Å²) in [4.78, 5) is 23.0. The molecule has 0 bridgehead atoms. The summed E-state index contributed by atoms with van der Waals surface area (Å²) in [5.41, 5.74) is 2.67. The Bertz CT molecular complexity index is 711. The normalized spacial score (nSPS) is 11.7. The summed E-state index contributed by atoms with van der Waals surface area (Å²) in [6.45, 7) is 3.53. The van der Waals surface area contributed by atoms with E-state index in [1.54, 1.807) is 13.8 Å². The molecule has 1 aromatic carbocycles. The smallest absolute Gasteiger partial charge is 0.355 e. The van der Waals surface area contributed by atoms with Crippen molar-refractivity contribution in [1.82, 2.24) is 0 Å². The predicted octanol–water partition coefficient (Wildman–Crippen LogP) is 1.22. The summed E-state index contributed by atoms with van der Waals surface area (Å²) in [5.74, 6) is -1.40. The van der Waals surface area contributed by atoms with Gasteiger partial charge in [-0.2, -0.15) is 13.5 Å². The number of nitrogens with one attached hydrogen (secondary N) is 1. The molecule has 2 N–H and O–H groups in total. The van der Waals surface area contributed by atoms with Crippen LogP contribution in [0.3, 0.4) is 0 Å². The van der Waals surface area contributed by atoms with Gasteiger partial charge in [0.1, 0.15) is 0 Å². The van der Waals surface area contributed by atoms with Gasteiger partial charge in [0.15, 0.2) is 5.71 Å². The first-order valence-electron chi connectivity index (χ1n) is 7.00. The number of hydrazone groups is 1. The molecule has 0 saturated heterocycles. The van der Waals surface area contributed by atoms with Crippen LogP contribution >= 0.6 is 0 Å². The zero-order chi connectivity index (χ0) is 18.2. The zero-order valence-corrected chi connectivity index (χ0v) is 14.0. The molecule has 10 heteroatoms. The number of nitrogens with zero attached hydrogens (tertiary/aromatic N) is 1. The van der Waals surface area contributed by atoms with Gasteiger partial charge in [-0.3, -0.25) is 14.8 Å². The first-order valence-corrected chi connectivity index (χ1v) is 8.44. The molecule has 0 radical (unpaired) electrons. The van der Waals surface area contributed by atoms with E-state index in [2.05, 4.69) is 10.5 Å². The third-order valence-electron chi connectivity index (χ3n) is 2.60. The van der Waals surface area contributed by atoms with Crippen molar-refractivity contribution >= 4 is 33.5 Å². The van der Waals surface area contributed by atoms with E-state index >= 15 is 0 Å². The molecule has 24 heavy (non-hydrogen) atoms. The van der Waals surface area contributed by atoms with Crippen LogP contribution in [-0.4, -0.2) is 43.8 Å². The largest absolute Gasteiger partial charge is 0.466 e. The lowest BCUT2D eigenvalue weighted by molar-refractivity contribution is -0.143. The van der Waals surface area contributed by atoms with Gasteiger partial charge >= 0.3 is 11.9 Å². The Balaban J connectivity index is 2.89. The number of hydrogen-bond donors (Lipinski definition) is 2. The van der Waals surface area contributed by atoms with Crippen molar-refractivity contribution in [1.29, 1.82) is 0 Å². The van der Waals surface area contributed by atoms with Gasteiger partial charge in [0.2, 0.25) is 0 Å². The number of rotatable bonds is 8. The number of hydrogen-bond acceptors (Lipinski definition) is 8. The maximum atomic E-state index is 11.8. The lowest BCUT2D eigenvalue weighted by atomic mass is 10.3. The van der Waals surface area contributed by atoms with Gasteiger partial charge in [-0.05, 0) is 38.1 Å². The van der Waals surface area contributed by atoms with Crippen molar-refractivity contribution in [2.45, 2.75) is 25.2 Å². The molecular formula is C14H18N2O7S. The highest BCUT2D eigenvalue weighted by Crippen LogP contribution is 2.13. The van der Waals surface area contributed by atoms with E-state index in [0.717, 1.165) is 12.1 Å². The van der Waals surface area contributed by atoms with Crippen LogP contribution in [0.25, 0.3) is 0 Å². The average molecular weight is 358 g/mol. The SMILES string of the molecule is CCOC(=O)C/C(=N\Nc1ccc(S(=O)(=O)O)cc1)C(=O)OCC. The number of ether oxygens (including phenoxy) is 2. The third kappa shape index (κ3) is 6.34. The van der Waals surface area contributed by atoms with Crippen molar-refractivity contribution in [3.63, 3.8) is 0 Å². The Labute approximate surface area is 139 Å². The molecule has 0 unspecified atom stereocenters. The summed E-state index contributed by atoms with van der Waals surface area (Å²) < 4.78 is 40.4. The fourth-order valence-electron chi connectivity index (χ4n) is 1.55. The Morgan fingerprint density at radius 3 is 2.21 bits per heavy atom. The van der Waals surface area contributed by atoms with Crippen LogP contribution in [0.1, 0.15) is 20.3 Å². The molecule has 0 aromatic heterocycles. The zero-order valence-electron chi connectivity index (χ0n) is 13.2. The molecule has 0 atom stereocenters. The van der Waals surface area contributed by atoms with Crippen LogP contribution in [0.4, 0.5) is 5.69 Å². The first-order chi connectivity index (χ1) is 11.3. The van der Waals surface area contributed by atoms with Gasteiger partial charge in [-0.25, -0.2) is 4.79 Å². The minimum Gasteiger partial charge on any atom is -0.466 e. The Kier molecular flexibility index (Phi) is 7.33. The van der Waals surface area contributed by atoms with Crippen LogP contribution in [0.2, 0.25) is 0 Å². The van der Waals surface area contributed by atoms with Crippen molar-refractivity contribution in [3.05, 3.63) is 24.3 Å². The van der Waals surface area contributed by atoms with Crippen LogP contribution < -0.4 is 5.43 Å². The standard InChI is InChI=1S/C14H18N2O7S/c1-3-22-13(17)9-12(14(18)23-4-2)16-15-10-5-7-11(8-6-10)24(19,20)21/h5-8,15H,3-4,9H2,1-2H3,(H,19,20,21)/b16-12+. The van der Waals surface area contributed by atoms with E-state index in [-0.39, 0.29) is 30.2 Å². The van der Waals surface area contributed by atoms with Gasteiger partial charge in [0.25, 0.3) is 10.1 Å². The maximum absolute atomic E-state index is 11.8. The summed E-state index contributed by atoms with van der Waals surface area (Å²) in [6, 6.07) is 4.98. The second-order valence-electron chi connectivity index (χ2n) is 4.37. The van der Waals surface area contributed by atoms with E-state index in [0.29, 0.717) is 5.69 Å². The summed E-state index contributed by atoms with van der Waals surface area (Å²) in [7, 11) is -4.29. The van der Waals surface area contributed by atoms with Gasteiger partial charge < -0.3 is 9.47 Å². The van der Waals surface area contributed by atoms with Crippen LogP contribution in [0, 0.1) is 0 Å². The third-order valence-corrected chi connectivity index (χ3v) is 3.47. The molecule has 9 nitrogen and oxygen atoms in total. The molecule has 0 heterocycles. The minimum absolute atomic E-state index is 0.115. The maximum Gasteiger partial charge on any atom is 0.355 e. The molecule has 0 aliphatic carbocycles. The summed E-state index contributed by atoms with van der Waals surface area (Å²) in [6.07, 6.45) is -0.372. The monoisotopic (exact) mass is 358 g/mol. The molecule has 0 saturated carbocycles. The second-order valence-corrected chi connectivity index (χ2v) is 5.79. The second kappa shape index (κ2) is 8.99. The summed E-state index contributed by atoms with van der Waals surface area (Å²) in [5, 5.41) is 3.81. The molecule has 1 aromatic rings. The molecule has 0 aliphatic heterocycles. The number of esters is 2. The van der Waals surface area contributed by atoms with E-state index in [9.17, 15) is 18.0 Å². The van der Waals surface area contributed by atoms with Gasteiger partial charge in [0, 0.05) is 0 Å². The van der Waals surface area contributed by atoms with Crippen LogP contribution in [0.5, 0.6) is 0 Å². The molecule has 0 amide bonds. The molecular weight excluding hydrogens is 340 g/mol. The fourth-order valence-corrected chi connectivity index (χ4v) is 2.03. The molecule has 0 fully saturated rings. The Morgan fingerprint density at radius 1 is 1.12 bits per heavy atom. The van der Waals surface area contributed by atoms with Crippen LogP contribution in [-0.2, 0) is 29.2 Å². The molecule has 0 aliphatic rings. The highest BCUT2D eigenvalue weighted by molar-refractivity contribution is 7.85. The lowest BCUT2D eigenvalue weighted by Gasteiger charge is -2.07. The topological polar surface area (TPSA) is 131 Å². The quantitative estimate of drug-likeness (QED) is 0.307. The Hall–Kier alpha value is -2.46. The predicted molar refractivity (Wildman–Crippen MR) is 85.2 cm³/mol. The van der Waals surface area contributed by atoms with Crippen molar-refractivity contribution in [2.24, 2.45) is 5.10 Å². The average Bonchev–Trinajstić information content (AvgIpc) is 2.51. The highest BCUT2D eigenvalue weighted by atomic mass is 32.2. The first kappa shape index (κ1) is 19.6. The van der Waals surface area contributed by atoms with E-state index < -0.39 is 22.1 Å². The number of carbonyl (C=O) groups is 2. The number of anilines is 1. The highest BCUT2D eigenvalue weighted by Gasteiger charge is 2.18.